The van der Waals surface area contributed by atoms with E-state index in [1.54, 1.807) is 0 Å². The number of nitro benzene ring substituents is 1. The van der Waals surface area contributed by atoms with Crippen LogP contribution in [0.5, 0.6) is 5.75 Å². The summed E-state index contributed by atoms with van der Waals surface area (Å²) in [5, 5.41) is 10.5. The largest absolute Gasteiger partial charge is 0.513 e. The van der Waals surface area contributed by atoms with Crippen molar-refractivity contribution in [3.8, 4) is 5.75 Å². The molecule has 0 aliphatic heterocycles. The highest BCUT2D eigenvalue weighted by Crippen LogP contribution is 2.17. The van der Waals surface area contributed by atoms with E-state index in [-0.39, 0.29) is 18.0 Å². The van der Waals surface area contributed by atoms with Crippen molar-refractivity contribution in [1.82, 2.24) is 9.44 Å². The van der Waals surface area contributed by atoms with Crippen molar-refractivity contribution in [3.63, 3.8) is 0 Å². The minimum absolute atomic E-state index is 0.109. The van der Waals surface area contributed by atoms with E-state index in [9.17, 15) is 23.9 Å². The lowest BCUT2D eigenvalue weighted by Crippen LogP contribution is -2.35. The number of amides is 1. The monoisotopic (exact) mass is 389 g/mol. The number of nitrogens with one attached hydrogen (secondary N) is 2. The molecule has 12 heteroatoms. The number of ether oxygens (including phenoxy) is 3. The van der Waals surface area contributed by atoms with E-state index < -0.39 is 28.3 Å². The van der Waals surface area contributed by atoms with Gasteiger partial charge >= 0.3 is 12.2 Å². The van der Waals surface area contributed by atoms with Crippen molar-refractivity contribution >= 4 is 29.1 Å². The molecule has 0 aliphatic rings. The Kier molecular flexibility index (Phi) is 9.64. The van der Waals surface area contributed by atoms with E-state index >= 15 is 0 Å². The molecule has 0 radical (unpaired) electrons. The molecule has 1 atom stereocenters. The molecule has 1 unspecified atom stereocenters. The van der Waals surface area contributed by atoms with Gasteiger partial charge in [0.05, 0.1) is 18.6 Å². The Balaban J connectivity index is 2.08. The Morgan fingerprint density at radius 2 is 1.88 bits per heavy atom. The van der Waals surface area contributed by atoms with Crippen LogP contribution < -0.4 is 14.2 Å². The number of nitrogens with zero attached hydrogens (tertiary/aromatic N) is 1. The summed E-state index contributed by atoms with van der Waals surface area (Å²) in [6.45, 7) is 0.527. The van der Waals surface area contributed by atoms with Crippen molar-refractivity contribution in [2.24, 2.45) is 0 Å². The second-order valence-corrected chi connectivity index (χ2v) is 5.80. The van der Waals surface area contributed by atoms with Crippen LogP contribution in [-0.2, 0) is 20.6 Å². The second kappa shape index (κ2) is 11.8. The van der Waals surface area contributed by atoms with Gasteiger partial charge in [0.15, 0.2) is 11.2 Å². The van der Waals surface area contributed by atoms with Crippen LogP contribution in [0.3, 0.4) is 0 Å². The summed E-state index contributed by atoms with van der Waals surface area (Å²) in [5.74, 6) is 0.144. The average molecular weight is 389 g/mol. The van der Waals surface area contributed by atoms with Gasteiger partial charge in [-0.25, -0.2) is 23.2 Å². The van der Waals surface area contributed by atoms with E-state index in [0.717, 1.165) is 0 Å². The van der Waals surface area contributed by atoms with E-state index in [1.165, 1.54) is 31.4 Å². The molecule has 0 saturated heterocycles. The zero-order valence-corrected chi connectivity index (χ0v) is 14.8. The first-order valence-electron chi connectivity index (χ1n) is 7.51. The molecule has 0 saturated carbocycles. The molecule has 1 aromatic carbocycles. The van der Waals surface area contributed by atoms with Crippen LogP contribution in [0.4, 0.5) is 15.3 Å². The lowest BCUT2D eigenvalue weighted by molar-refractivity contribution is -0.384. The summed E-state index contributed by atoms with van der Waals surface area (Å²) in [5.41, 5.74) is -0.109. The first kappa shape index (κ1) is 21.3. The first-order chi connectivity index (χ1) is 12.4. The quantitative estimate of drug-likeness (QED) is 0.202. The van der Waals surface area contributed by atoms with Crippen LogP contribution in [0.1, 0.15) is 19.3 Å². The van der Waals surface area contributed by atoms with E-state index in [2.05, 4.69) is 14.2 Å². The highest BCUT2D eigenvalue weighted by Gasteiger charge is 2.09. The van der Waals surface area contributed by atoms with Gasteiger partial charge in [0.2, 0.25) is 0 Å². The van der Waals surface area contributed by atoms with Crippen molar-refractivity contribution < 1.29 is 32.9 Å². The Hall–Kier alpha value is -2.73. The Morgan fingerprint density at radius 1 is 1.19 bits per heavy atom. The number of benzene rings is 1. The molecule has 0 aliphatic carbocycles. The lowest BCUT2D eigenvalue weighted by atomic mass is 10.2. The number of nitro groups is 1. The van der Waals surface area contributed by atoms with Crippen LogP contribution in [0.15, 0.2) is 24.3 Å². The number of hydrogen-bond acceptors (Lipinski definition) is 8. The number of hydrogen-bond donors (Lipinski definition) is 2. The third kappa shape index (κ3) is 8.94. The summed E-state index contributed by atoms with van der Waals surface area (Å²) in [4.78, 5) is 32.2. The van der Waals surface area contributed by atoms with Gasteiger partial charge in [0, 0.05) is 18.7 Å². The summed E-state index contributed by atoms with van der Waals surface area (Å²) < 4.78 is 29.9. The van der Waals surface area contributed by atoms with E-state index in [0.29, 0.717) is 25.8 Å². The van der Waals surface area contributed by atoms with Gasteiger partial charge < -0.3 is 14.2 Å². The third-order valence-corrected chi connectivity index (χ3v) is 3.70. The fraction of sp³-hybridized carbons (Fsp3) is 0.429. The minimum Gasteiger partial charge on any atom is -0.452 e. The highest BCUT2D eigenvalue weighted by atomic mass is 32.2. The van der Waals surface area contributed by atoms with Gasteiger partial charge in [0.25, 0.3) is 5.69 Å². The van der Waals surface area contributed by atoms with E-state index in [1.807, 2.05) is 0 Å². The normalized spacial score (nSPS) is 11.3. The molecule has 11 nitrogen and oxygen atoms in total. The molecule has 0 heterocycles. The molecule has 0 bridgehead atoms. The highest BCUT2D eigenvalue weighted by molar-refractivity contribution is 7.81. The second-order valence-electron chi connectivity index (χ2n) is 4.77. The summed E-state index contributed by atoms with van der Waals surface area (Å²) >= 11 is -1.71. The third-order valence-electron chi connectivity index (χ3n) is 2.88. The number of carbonyl (C=O) groups excluding carboxylic acids is 2. The molecule has 0 fully saturated rings. The summed E-state index contributed by atoms with van der Waals surface area (Å²) in [6.07, 6.45) is 0.201. The molecular weight excluding hydrogens is 370 g/mol. The maximum Gasteiger partial charge on any atom is 0.513 e. The number of methoxy groups -OCH3 is 1. The standard InChI is InChI=1S/C14H19N3O8S/c1-23-13(18)16-26(22)15-9-3-2-4-10-24-14(19)25-12-7-5-11(6-8-12)17(20)21/h5-8,15H,2-4,9-10H2,1H3,(H,16,18). The van der Waals surface area contributed by atoms with Crippen molar-refractivity contribution in [3.05, 3.63) is 34.4 Å². The van der Waals surface area contributed by atoms with Crippen LogP contribution in [0.2, 0.25) is 0 Å². The van der Waals surface area contributed by atoms with Gasteiger partial charge in [-0.1, -0.05) is 0 Å². The fourth-order valence-corrected chi connectivity index (χ4v) is 2.28. The van der Waals surface area contributed by atoms with Crippen molar-refractivity contribution in [1.29, 1.82) is 0 Å². The first-order valence-corrected chi connectivity index (χ1v) is 8.66. The smallest absolute Gasteiger partial charge is 0.452 e. The van der Waals surface area contributed by atoms with Crippen LogP contribution in [0.25, 0.3) is 0 Å². The number of rotatable bonds is 10. The molecule has 1 amide bonds. The van der Waals surface area contributed by atoms with Gasteiger partial charge in [-0.2, -0.15) is 0 Å². The van der Waals surface area contributed by atoms with Gasteiger partial charge in [-0.05, 0) is 31.4 Å². The molecular formula is C14H19N3O8S. The molecule has 1 aromatic rings. The zero-order valence-electron chi connectivity index (χ0n) is 14.0. The fourth-order valence-electron chi connectivity index (χ4n) is 1.64. The maximum atomic E-state index is 11.5. The predicted molar refractivity (Wildman–Crippen MR) is 90.6 cm³/mol. The summed E-state index contributed by atoms with van der Waals surface area (Å²) in [6, 6.07) is 5.03. The van der Waals surface area contributed by atoms with Gasteiger partial charge in [-0.15, -0.1) is 0 Å². The van der Waals surface area contributed by atoms with Gasteiger partial charge in [0.1, 0.15) is 5.75 Å². The van der Waals surface area contributed by atoms with Crippen LogP contribution >= 0.6 is 0 Å². The van der Waals surface area contributed by atoms with Gasteiger partial charge in [-0.3, -0.25) is 10.1 Å². The lowest BCUT2D eigenvalue weighted by Gasteiger charge is -2.06. The molecule has 144 valence electrons. The Morgan fingerprint density at radius 3 is 2.50 bits per heavy atom. The van der Waals surface area contributed by atoms with Crippen LogP contribution in [-0.4, -0.2) is 41.6 Å². The van der Waals surface area contributed by atoms with E-state index in [4.69, 9.17) is 9.47 Å². The zero-order chi connectivity index (χ0) is 19.4. The van der Waals surface area contributed by atoms with Crippen molar-refractivity contribution in [2.75, 3.05) is 20.3 Å². The minimum atomic E-state index is -1.71. The molecule has 0 spiro atoms. The Bertz CT molecular complexity index is 638. The molecule has 1 rings (SSSR count). The average Bonchev–Trinajstić information content (AvgIpc) is 2.61. The summed E-state index contributed by atoms with van der Waals surface area (Å²) in [7, 11) is 1.17. The number of carbonyl (C=O) groups is 2. The molecule has 0 aromatic heterocycles. The maximum absolute atomic E-state index is 11.5. The number of unbranched alkanes of at least 4 members (excludes halogenated alkanes) is 2. The predicted octanol–water partition coefficient (Wildman–Crippen LogP) is 1.80. The molecule has 26 heavy (non-hydrogen) atoms. The topological polar surface area (TPSA) is 146 Å². The molecule has 2 N–H and O–H groups in total. The number of non-ortho nitro benzene ring substituents is 1. The van der Waals surface area contributed by atoms with Crippen molar-refractivity contribution in [2.45, 2.75) is 19.3 Å². The SMILES string of the molecule is COC(=O)NS(=O)NCCCCCOC(=O)Oc1ccc([N+](=O)[O-])cc1. The van der Waals surface area contributed by atoms with Crippen LogP contribution in [0, 0.1) is 10.1 Å². The Labute approximate surface area is 151 Å².